The topological polar surface area (TPSA) is 49.0 Å². The van der Waals surface area contributed by atoms with E-state index >= 15 is 0 Å². The highest BCUT2D eigenvalue weighted by Crippen LogP contribution is 2.38. The second kappa shape index (κ2) is 11.9. The van der Waals surface area contributed by atoms with Crippen LogP contribution in [0.25, 0.3) is 0 Å². The molecule has 5 nitrogen and oxygen atoms in total. The highest BCUT2D eigenvalue weighted by atomic mass is 19.4. The molecule has 0 aromatic heterocycles. The van der Waals surface area contributed by atoms with E-state index in [1.165, 1.54) is 23.3 Å². The largest absolute Gasteiger partial charge is 0.493 e. The van der Waals surface area contributed by atoms with E-state index in [4.69, 9.17) is 19.0 Å². The molecule has 0 saturated carbocycles. The zero-order valence-corrected chi connectivity index (χ0v) is 23.7. The van der Waals surface area contributed by atoms with Crippen molar-refractivity contribution in [3.63, 3.8) is 0 Å². The van der Waals surface area contributed by atoms with Gasteiger partial charge in [0.15, 0.2) is 5.79 Å². The van der Waals surface area contributed by atoms with Crippen LogP contribution >= 0.6 is 0 Å². The average molecular weight is 538 g/mol. The fraction of sp³-hybridized carbons (Fsp3) is 0.600. The third-order valence-corrected chi connectivity index (χ3v) is 6.65. The Bertz CT molecular complexity index is 1070. The summed E-state index contributed by atoms with van der Waals surface area (Å²) in [7, 11) is 0. The molecule has 212 valence electrons. The number of hydroxylamine groups is 1. The lowest BCUT2D eigenvalue weighted by Crippen LogP contribution is -2.60. The van der Waals surface area contributed by atoms with Crippen molar-refractivity contribution in [3.05, 3.63) is 64.2 Å². The number of nitrogens with one attached hydrogen (secondary N) is 1. The summed E-state index contributed by atoms with van der Waals surface area (Å²) in [5, 5.41) is 0. The lowest BCUT2D eigenvalue weighted by atomic mass is 9.91. The van der Waals surface area contributed by atoms with Crippen molar-refractivity contribution in [2.45, 2.75) is 97.3 Å². The molecule has 0 radical (unpaired) electrons. The van der Waals surface area contributed by atoms with Crippen LogP contribution in [0.2, 0.25) is 0 Å². The predicted molar refractivity (Wildman–Crippen MR) is 142 cm³/mol. The summed E-state index contributed by atoms with van der Waals surface area (Å²) in [5.74, 6) is -0.871. The molecular weight excluding hydrogens is 495 g/mol. The SMILES string of the molecule is Cc1ccc(CCCOc2ccc(CCC3(NOC(C)(C)C)COC(C)(C)OC3)cc2C(F)(F)F)cc1C. The number of halogens is 3. The van der Waals surface area contributed by atoms with Crippen LogP contribution in [0.1, 0.15) is 75.3 Å². The van der Waals surface area contributed by atoms with Crippen LogP contribution in [-0.2, 0) is 33.3 Å². The lowest BCUT2D eigenvalue weighted by Gasteiger charge is -2.44. The smallest absolute Gasteiger partial charge is 0.419 e. The first kappa shape index (κ1) is 30.4. The van der Waals surface area contributed by atoms with Crippen LogP contribution < -0.4 is 10.2 Å². The summed E-state index contributed by atoms with van der Waals surface area (Å²) in [6, 6.07) is 10.5. The molecule has 1 aliphatic rings. The van der Waals surface area contributed by atoms with Crippen molar-refractivity contribution in [1.29, 1.82) is 0 Å². The summed E-state index contributed by atoms with van der Waals surface area (Å²) in [4.78, 5) is 5.81. The van der Waals surface area contributed by atoms with Crippen molar-refractivity contribution in [3.8, 4) is 5.75 Å². The molecule has 1 N–H and O–H groups in total. The van der Waals surface area contributed by atoms with Gasteiger partial charge in [-0.3, -0.25) is 4.84 Å². The molecule has 3 rings (SSSR count). The molecule has 0 aliphatic carbocycles. The van der Waals surface area contributed by atoms with E-state index < -0.39 is 28.7 Å². The number of rotatable bonds is 10. The van der Waals surface area contributed by atoms with Crippen LogP contribution in [0, 0.1) is 13.8 Å². The molecule has 1 heterocycles. The van der Waals surface area contributed by atoms with Crippen LogP contribution in [-0.4, -0.2) is 36.7 Å². The molecule has 1 fully saturated rings. The van der Waals surface area contributed by atoms with E-state index in [0.717, 1.165) is 12.0 Å². The van der Waals surface area contributed by atoms with Gasteiger partial charge in [-0.25, -0.2) is 0 Å². The Morgan fingerprint density at radius 2 is 1.53 bits per heavy atom. The van der Waals surface area contributed by atoms with Gasteiger partial charge in [0.2, 0.25) is 0 Å². The van der Waals surface area contributed by atoms with Gasteiger partial charge >= 0.3 is 6.18 Å². The van der Waals surface area contributed by atoms with Gasteiger partial charge in [-0.05, 0) is 109 Å². The summed E-state index contributed by atoms with van der Waals surface area (Å²) >= 11 is 0. The second-order valence-electron chi connectivity index (χ2n) is 11.8. The number of ether oxygens (including phenoxy) is 3. The maximum atomic E-state index is 13.9. The van der Waals surface area contributed by atoms with Crippen LogP contribution in [0.4, 0.5) is 13.2 Å². The Labute approximate surface area is 225 Å². The van der Waals surface area contributed by atoms with Crippen LogP contribution in [0.15, 0.2) is 36.4 Å². The molecule has 38 heavy (non-hydrogen) atoms. The van der Waals surface area contributed by atoms with Crippen molar-refractivity contribution >= 4 is 0 Å². The maximum Gasteiger partial charge on any atom is 0.419 e. The highest BCUT2D eigenvalue weighted by molar-refractivity contribution is 5.39. The molecular formula is C30H42F3NO4. The Hall–Kier alpha value is -2.13. The first-order chi connectivity index (χ1) is 17.6. The number of alkyl halides is 3. The minimum absolute atomic E-state index is 0.142. The fourth-order valence-electron chi connectivity index (χ4n) is 4.10. The average Bonchev–Trinajstić information content (AvgIpc) is 2.82. The molecule has 0 unspecified atom stereocenters. The highest BCUT2D eigenvalue weighted by Gasteiger charge is 2.41. The molecule has 2 aromatic rings. The molecule has 1 saturated heterocycles. The quantitative estimate of drug-likeness (QED) is 0.259. The van der Waals surface area contributed by atoms with Gasteiger partial charge in [0.05, 0.1) is 36.5 Å². The van der Waals surface area contributed by atoms with Crippen molar-refractivity contribution in [1.82, 2.24) is 5.48 Å². The minimum Gasteiger partial charge on any atom is -0.493 e. The molecule has 0 spiro atoms. The summed E-state index contributed by atoms with van der Waals surface area (Å²) in [5.41, 5.74) is 5.32. The van der Waals surface area contributed by atoms with Crippen LogP contribution in [0.3, 0.4) is 0 Å². The van der Waals surface area contributed by atoms with Crippen molar-refractivity contribution in [2.75, 3.05) is 19.8 Å². The Kier molecular flexibility index (Phi) is 9.56. The standard InChI is InChI=1S/C30H42F3NO4/c1-21-10-11-23(17-22(21)2)9-8-16-35-26-13-12-24(18-25(26)30(31,32)33)14-15-29(34-38-27(3,4)5)19-36-28(6,7)37-20-29/h10-13,17-18,34H,8-9,14-16,19-20H2,1-7H3. The summed E-state index contributed by atoms with van der Waals surface area (Å²) in [6.45, 7) is 14.3. The zero-order chi connectivity index (χ0) is 28.2. The molecule has 2 aromatic carbocycles. The van der Waals surface area contributed by atoms with Gasteiger partial charge in [-0.2, -0.15) is 18.7 Å². The Balaban J connectivity index is 1.66. The van der Waals surface area contributed by atoms with E-state index in [1.54, 1.807) is 6.07 Å². The number of benzene rings is 2. The van der Waals surface area contributed by atoms with Crippen molar-refractivity contribution < 1.29 is 32.2 Å². The van der Waals surface area contributed by atoms with E-state index in [1.807, 2.05) is 34.6 Å². The monoisotopic (exact) mass is 537 g/mol. The Morgan fingerprint density at radius 1 is 0.895 bits per heavy atom. The van der Waals surface area contributed by atoms with Crippen LogP contribution in [0.5, 0.6) is 5.75 Å². The van der Waals surface area contributed by atoms with E-state index in [2.05, 4.69) is 37.5 Å². The summed E-state index contributed by atoms with van der Waals surface area (Å²) in [6.07, 6.45) is -2.31. The first-order valence-electron chi connectivity index (χ1n) is 13.2. The van der Waals surface area contributed by atoms with Gasteiger partial charge in [0, 0.05) is 0 Å². The predicted octanol–water partition coefficient (Wildman–Crippen LogP) is 7.11. The number of hydrogen-bond donors (Lipinski definition) is 1. The minimum atomic E-state index is -4.52. The Morgan fingerprint density at radius 3 is 2.13 bits per heavy atom. The number of aryl methyl sites for hydroxylation is 4. The summed E-state index contributed by atoms with van der Waals surface area (Å²) < 4.78 is 59.2. The first-order valence-corrected chi connectivity index (χ1v) is 13.2. The third kappa shape index (κ3) is 8.97. The third-order valence-electron chi connectivity index (χ3n) is 6.65. The molecule has 1 aliphatic heterocycles. The number of hydrogen-bond acceptors (Lipinski definition) is 5. The van der Waals surface area contributed by atoms with Gasteiger partial charge in [-0.1, -0.05) is 24.3 Å². The van der Waals surface area contributed by atoms with E-state index in [-0.39, 0.29) is 12.4 Å². The molecule has 8 heteroatoms. The van der Waals surface area contributed by atoms with E-state index in [0.29, 0.717) is 38.0 Å². The lowest BCUT2D eigenvalue weighted by molar-refractivity contribution is -0.291. The van der Waals surface area contributed by atoms with E-state index in [9.17, 15) is 13.2 Å². The van der Waals surface area contributed by atoms with Gasteiger partial charge < -0.3 is 14.2 Å². The molecule has 0 bridgehead atoms. The molecule has 0 atom stereocenters. The van der Waals surface area contributed by atoms with Gasteiger partial charge in [0.25, 0.3) is 0 Å². The van der Waals surface area contributed by atoms with Crippen molar-refractivity contribution in [2.24, 2.45) is 0 Å². The van der Waals surface area contributed by atoms with Gasteiger partial charge in [0.1, 0.15) is 5.75 Å². The maximum absolute atomic E-state index is 13.9. The zero-order valence-electron chi connectivity index (χ0n) is 23.7. The molecule has 0 amide bonds. The second-order valence-corrected chi connectivity index (χ2v) is 11.8. The van der Waals surface area contributed by atoms with Gasteiger partial charge in [-0.15, -0.1) is 0 Å². The fourth-order valence-corrected chi connectivity index (χ4v) is 4.10. The normalized spacial score (nSPS) is 17.4.